The Hall–Kier alpha value is -2.70. The second kappa shape index (κ2) is 7.25. The highest BCUT2D eigenvalue weighted by molar-refractivity contribution is 5.73. The number of piperazine rings is 1. The van der Waals surface area contributed by atoms with Crippen LogP contribution < -0.4 is 10.2 Å². The lowest BCUT2D eigenvalue weighted by Crippen LogP contribution is -2.48. The highest BCUT2D eigenvalue weighted by Crippen LogP contribution is 2.17. The highest BCUT2D eigenvalue weighted by atomic mass is 16.2. The molecule has 0 unspecified atom stereocenters. The third-order valence-corrected chi connectivity index (χ3v) is 4.06. The molecule has 1 fully saturated rings. The number of carbonyl (C=O) groups excluding carboxylic acids is 1. The summed E-state index contributed by atoms with van der Waals surface area (Å²) in [6.45, 7) is 7.26. The van der Waals surface area contributed by atoms with E-state index in [1.165, 1.54) is 0 Å². The first-order valence-corrected chi connectivity index (χ1v) is 8.11. The number of pyridine rings is 1. The van der Waals surface area contributed by atoms with Gasteiger partial charge in [0.15, 0.2) is 0 Å². The van der Waals surface area contributed by atoms with E-state index in [0.29, 0.717) is 12.5 Å². The van der Waals surface area contributed by atoms with Crippen LogP contribution in [0.15, 0.2) is 30.6 Å². The maximum absolute atomic E-state index is 11.4. The summed E-state index contributed by atoms with van der Waals surface area (Å²) in [6, 6.07) is 5.91. The Bertz CT molecular complexity index is 697. The van der Waals surface area contributed by atoms with Crippen LogP contribution in [0.1, 0.15) is 18.2 Å². The van der Waals surface area contributed by atoms with E-state index in [2.05, 4.69) is 25.2 Å². The zero-order chi connectivity index (χ0) is 16.9. The molecule has 2 aromatic heterocycles. The molecule has 0 aromatic carbocycles. The van der Waals surface area contributed by atoms with Gasteiger partial charge in [0.25, 0.3) is 0 Å². The predicted octanol–water partition coefficient (Wildman–Crippen LogP) is 1.46. The quantitative estimate of drug-likeness (QED) is 0.917. The van der Waals surface area contributed by atoms with E-state index in [-0.39, 0.29) is 5.91 Å². The zero-order valence-electron chi connectivity index (χ0n) is 14.1. The Labute approximate surface area is 141 Å². The van der Waals surface area contributed by atoms with Crippen LogP contribution >= 0.6 is 0 Å². The summed E-state index contributed by atoms with van der Waals surface area (Å²) < 4.78 is 0. The molecule has 2 aromatic rings. The molecule has 0 saturated carbocycles. The molecule has 1 saturated heterocycles. The number of hydrogen-bond donors (Lipinski definition) is 1. The van der Waals surface area contributed by atoms with Crippen molar-refractivity contribution in [3.05, 3.63) is 41.9 Å². The Morgan fingerprint density at radius 3 is 2.71 bits per heavy atom. The summed E-state index contributed by atoms with van der Waals surface area (Å²) in [5.41, 5.74) is 2.00. The Morgan fingerprint density at radius 1 is 1.25 bits per heavy atom. The van der Waals surface area contributed by atoms with Gasteiger partial charge in [0.2, 0.25) is 11.9 Å². The SMILES string of the molecule is CC(=O)N1CCN(c2cc(C)nc(NCc3cccnc3)n2)CC1. The van der Waals surface area contributed by atoms with E-state index < -0.39 is 0 Å². The monoisotopic (exact) mass is 326 g/mol. The fourth-order valence-corrected chi connectivity index (χ4v) is 2.73. The average molecular weight is 326 g/mol. The maximum Gasteiger partial charge on any atom is 0.225 e. The molecule has 1 N–H and O–H groups in total. The smallest absolute Gasteiger partial charge is 0.225 e. The molecule has 0 radical (unpaired) electrons. The fraction of sp³-hybridized carbons (Fsp3) is 0.412. The summed E-state index contributed by atoms with van der Waals surface area (Å²) in [4.78, 5) is 28.7. The predicted molar refractivity (Wildman–Crippen MR) is 92.8 cm³/mol. The summed E-state index contributed by atoms with van der Waals surface area (Å²) >= 11 is 0. The average Bonchev–Trinajstić information content (AvgIpc) is 2.60. The van der Waals surface area contributed by atoms with Gasteiger partial charge in [0.1, 0.15) is 5.82 Å². The molecule has 0 atom stereocenters. The Balaban J connectivity index is 1.67. The second-order valence-electron chi connectivity index (χ2n) is 5.90. The number of hydrogen-bond acceptors (Lipinski definition) is 6. The number of anilines is 2. The van der Waals surface area contributed by atoms with Crippen molar-refractivity contribution in [2.45, 2.75) is 20.4 Å². The lowest BCUT2D eigenvalue weighted by Gasteiger charge is -2.35. The minimum Gasteiger partial charge on any atom is -0.353 e. The molecule has 126 valence electrons. The number of rotatable bonds is 4. The van der Waals surface area contributed by atoms with Gasteiger partial charge in [-0.3, -0.25) is 9.78 Å². The van der Waals surface area contributed by atoms with Gasteiger partial charge in [0.05, 0.1) is 0 Å². The van der Waals surface area contributed by atoms with Crippen LogP contribution in [0, 0.1) is 6.92 Å². The van der Waals surface area contributed by atoms with Gasteiger partial charge < -0.3 is 15.1 Å². The molecule has 7 heteroatoms. The van der Waals surface area contributed by atoms with Gasteiger partial charge in [0, 0.05) is 63.8 Å². The molecule has 1 aliphatic rings. The minimum atomic E-state index is 0.132. The van der Waals surface area contributed by atoms with Crippen LogP contribution in [-0.2, 0) is 11.3 Å². The number of aromatic nitrogens is 3. The van der Waals surface area contributed by atoms with Gasteiger partial charge in [-0.1, -0.05) is 6.07 Å². The minimum absolute atomic E-state index is 0.132. The molecule has 3 rings (SSSR count). The fourth-order valence-electron chi connectivity index (χ4n) is 2.73. The summed E-state index contributed by atoms with van der Waals surface area (Å²) in [5, 5.41) is 3.25. The van der Waals surface area contributed by atoms with E-state index in [4.69, 9.17) is 0 Å². The molecule has 0 aliphatic carbocycles. The lowest BCUT2D eigenvalue weighted by atomic mass is 10.3. The highest BCUT2D eigenvalue weighted by Gasteiger charge is 2.20. The van der Waals surface area contributed by atoms with Crippen LogP contribution in [0.5, 0.6) is 0 Å². The first kappa shape index (κ1) is 16.2. The third-order valence-electron chi connectivity index (χ3n) is 4.06. The second-order valence-corrected chi connectivity index (χ2v) is 5.90. The first-order chi connectivity index (χ1) is 11.6. The third kappa shape index (κ3) is 3.98. The molecule has 1 aliphatic heterocycles. The van der Waals surface area contributed by atoms with E-state index in [1.807, 2.05) is 36.2 Å². The van der Waals surface area contributed by atoms with E-state index in [9.17, 15) is 4.79 Å². The van der Waals surface area contributed by atoms with Crippen LogP contribution in [0.25, 0.3) is 0 Å². The Kier molecular flexibility index (Phi) is 4.88. The van der Waals surface area contributed by atoms with Crippen LogP contribution in [0.3, 0.4) is 0 Å². The topological polar surface area (TPSA) is 74.2 Å². The molecule has 24 heavy (non-hydrogen) atoms. The van der Waals surface area contributed by atoms with Crippen LogP contribution in [0.2, 0.25) is 0 Å². The van der Waals surface area contributed by atoms with Crippen molar-refractivity contribution in [2.24, 2.45) is 0 Å². The molecule has 1 amide bonds. The number of aryl methyl sites for hydroxylation is 1. The molecule has 0 spiro atoms. The standard InChI is InChI=1S/C17H22N6O/c1-13-10-16(23-8-6-22(7-9-23)14(2)24)21-17(20-13)19-12-15-4-3-5-18-11-15/h3-5,10-11H,6-9,12H2,1-2H3,(H,19,20,21). The van der Waals surface area contributed by atoms with Gasteiger partial charge in [-0.05, 0) is 18.6 Å². The van der Waals surface area contributed by atoms with E-state index >= 15 is 0 Å². The van der Waals surface area contributed by atoms with Crippen LogP contribution in [-0.4, -0.2) is 51.9 Å². The largest absolute Gasteiger partial charge is 0.353 e. The normalized spacial score (nSPS) is 14.6. The first-order valence-electron chi connectivity index (χ1n) is 8.11. The van der Waals surface area contributed by atoms with Gasteiger partial charge >= 0.3 is 0 Å². The van der Waals surface area contributed by atoms with Gasteiger partial charge in [-0.25, -0.2) is 4.98 Å². The van der Waals surface area contributed by atoms with Crippen molar-refractivity contribution in [1.29, 1.82) is 0 Å². The maximum atomic E-state index is 11.4. The molecular formula is C17H22N6O. The lowest BCUT2D eigenvalue weighted by molar-refractivity contribution is -0.129. The molecule has 3 heterocycles. The van der Waals surface area contributed by atoms with Gasteiger partial charge in [-0.15, -0.1) is 0 Å². The summed E-state index contributed by atoms with van der Waals surface area (Å²) in [7, 11) is 0. The Morgan fingerprint density at radius 2 is 2.04 bits per heavy atom. The zero-order valence-corrected chi connectivity index (χ0v) is 14.1. The summed E-state index contributed by atoms with van der Waals surface area (Å²) in [5.74, 6) is 1.65. The number of carbonyl (C=O) groups is 1. The van der Waals surface area contributed by atoms with Crippen LogP contribution in [0.4, 0.5) is 11.8 Å². The van der Waals surface area contributed by atoms with Crippen molar-refractivity contribution in [3.63, 3.8) is 0 Å². The van der Waals surface area contributed by atoms with Crippen molar-refractivity contribution in [2.75, 3.05) is 36.4 Å². The van der Waals surface area contributed by atoms with Crippen molar-refractivity contribution >= 4 is 17.7 Å². The number of nitrogens with one attached hydrogen (secondary N) is 1. The number of nitrogens with zero attached hydrogens (tertiary/aromatic N) is 5. The van der Waals surface area contributed by atoms with Crippen molar-refractivity contribution < 1.29 is 4.79 Å². The molecule has 0 bridgehead atoms. The van der Waals surface area contributed by atoms with E-state index in [0.717, 1.165) is 43.3 Å². The van der Waals surface area contributed by atoms with Gasteiger partial charge in [-0.2, -0.15) is 4.98 Å². The van der Waals surface area contributed by atoms with Crippen molar-refractivity contribution in [3.8, 4) is 0 Å². The van der Waals surface area contributed by atoms with E-state index in [1.54, 1.807) is 13.1 Å². The van der Waals surface area contributed by atoms with Crippen molar-refractivity contribution in [1.82, 2.24) is 19.9 Å². The molecular weight excluding hydrogens is 304 g/mol. The number of amides is 1. The molecule has 7 nitrogen and oxygen atoms in total. The summed E-state index contributed by atoms with van der Waals surface area (Å²) in [6.07, 6.45) is 3.58.